The highest BCUT2D eigenvalue weighted by Gasteiger charge is 2.07. The van der Waals surface area contributed by atoms with Crippen molar-refractivity contribution >= 4 is 5.97 Å². The minimum atomic E-state index is -1.02. The Kier molecular flexibility index (Phi) is 4.93. The fourth-order valence-corrected chi connectivity index (χ4v) is 2.07. The number of rotatable bonds is 6. The van der Waals surface area contributed by atoms with Gasteiger partial charge in [0, 0.05) is 12.5 Å². The van der Waals surface area contributed by atoms with E-state index < -0.39 is 5.97 Å². The zero-order valence-electron chi connectivity index (χ0n) is 12.5. The molecular weight excluding hydrogens is 284 g/mol. The number of benzene rings is 1. The van der Waals surface area contributed by atoms with Gasteiger partial charge in [-0.2, -0.15) is 0 Å². The standard InChI is InChI=1S/C16H18N2O4/c1-10-4-3-5-13(11(10)2)22-7-6-14-17-12(9-16(20)21)8-15(19)18-14/h3-5,8H,6-7,9H2,1-2H3,(H,20,21)(H,17,18,19). The summed E-state index contributed by atoms with van der Waals surface area (Å²) in [4.78, 5) is 28.9. The van der Waals surface area contributed by atoms with Crippen LogP contribution in [0.5, 0.6) is 5.75 Å². The van der Waals surface area contributed by atoms with E-state index >= 15 is 0 Å². The van der Waals surface area contributed by atoms with E-state index in [1.807, 2.05) is 32.0 Å². The summed E-state index contributed by atoms with van der Waals surface area (Å²) in [6, 6.07) is 7.02. The smallest absolute Gasteiger partial charge is 0.309 e. The Bertz CT molecular complexity index is 737. The van der Waals surface area contributed by atoms with Gasteiger partial charge in [-0.25, -0.2) is 4.98 Å². The van der Waals surface area contributed by atoms with Crippen LogP contribution in [0.3, 0.4) is 0 Å². The summed E-state index contributed by atoms with van der Waals surface area (Å²) in [5, 5.41) is 8.75. The van der Waals surface area contributed by atoms with E-state index in [0.29, 0.717) is 18.9 Å². The van der Waals surface area contributed by atoms with Gasteiger partial charge in [0.1, 0.15) is 11.6 Å². The Morgan fingerprint density at radius 3 is 2.86 bits per heavy atom. The Hall–Kier alpha value is -2.63. The lowest BCUT2D eigenvalue weighted by Crippen LogP contribution is -2.17. The second-order valence-corrected chi connectivity index (χ2v) is 5.05. The van der Waals surface area contributed by atoms with Gasteiger partial charge in [-0.15, -0.1) is 0 Å². The molecule has 6 nitrogen and oxygen atoms in total. The summed E-state index contributed by atoms with van der Waals surface area (Å²) in [7, 11) is 0. The number of hydrogen-bond donors (Lipinski definition) is 2. The topological polar surface area (TPSA) is 92.3 Å². The fourth-order valence-electron chi connectivity index (χ4n) is 2.07. The van der Waals surface area contributed by atoms with Crippen LogP contribution < -0.4 is 10.3 Å². The molecule has 2 aromatic rings. The van der Waals surface area contributed by atoms with Gasteiger partial charge in [0.25, 0.3) is 5.56 Å². The van der Waals surface area contributed by atoms with Crippen LogP contribution in [0, 0.1) is 13.8 Å². The number of nitrogens with zero attached hydrogens (tertiary/aromatic N) is 1. The maximum absolute atomic E-state index is 11.5. The number of H-pyrrole nitrogens is 1. The van der Waals surface area contributed by atoms with Crippen molar-refractivity contribution in [2.75, 3.05) is 6.61 Å². The number of nitrogens with one attached hydrogen (secondary N) is 1. The van der Waals surface area contributed by atoms with Gasteiger partial charge >= 0.3 is 5.97 Å². The number of carbonyl (C=O) groups is 1. The number of hydrogen-bond acceptors (Lipinski definition) is 4. The van der Waals surface area contributed by atoms with E-state index in [2.05, 4.69) is 9.97 Å². The zero-order chi connectivity index (χ0) is 16.1. The van der Waals surface area contributed by atoms with Crippen LogP contribution in [0.1, 0.15) is 22.6 Å². The summed E-state index contributed by atoms with van der Waals surface area (Å²) >= 11 is 0. The van der Waals surface area contributed by atoms with Crippen LogP contribution >= 0.6 is 0 Å². The molecule has 0 unspecified atom stereocenters. The number of aromatic nitrogens is 2. The van der Waals surface area contributed by atoms with E-state index in [0.717, 1.165) is 16.9 Å². The first kappa shape index (κ1) is 15.8. The first-order chi connectivity index (χ1) is 10.5. The molecule has 0 atom stereocenters. The fraction of sp³-hybridized carbons (Fsp3) is 0.312. The third-order valence-corrected chi connectivity index (χ3v) is 3.33. The second-order valence-electron chi connectivity index (χ2n) is 5.05. The van der Waals surface area contributed by atoms with Crippen LogP contribution in [-0.4, -0.2) is 27.7 Å². The Balaban J connectivity index is 2.02. The first-order valence-electron chi connectivity index (χ1n) is 6.95. The molecule has 0 saturated carbocycles. The molecular formula is C16H18N2O4. The molecule has 0 radical (unpaired) electrons. The van der Waals surface area contributed by atoms with E-state index in [9.17, 15) is 9.59 Å². The summed E-state index contributed by atoms with van der Waals surface area (Å²) < 4.78 is 5.70. The van der Waals surface area contributed by atoms with Crippen molar-refractivity contribution in [2.45, 2.75) is 26.7 Å². The lowest BCUT2D eigenvalue weighted by Gasteiger charge is -2.10. The number of ether oxygens (including phenoxy) is 1. The second kappa shape index (κ2) is 6.89. The number of aliphatic carboxylic acids is 1. The highest BCUT2D eigenvalue weighted by molar-refractivity contribution is 5.69. The van der Waals surface area contributed by atoms with Crippen molar-refractivity contribution in [3.05, 3.63) is 57.3 Å². The molecule has 1 aromatic heterocycles. The summed E-state index contributed by atoms with van der Waals surface area (Å²) in [5.74, 6) is 0.203. The SMILES string of the molecule is Cc1cccc(OCCc2nc(CC(=O)O)cc(=O)[nH]2)c1C. The largest absolute Gasteiger partial charge is 0.493 e. The summed E-state index contributed by atoms with van der Waals surface area (Å²) in [5.41, 5.74) is 2.11. The highest BCUT2D eigenvalue weighted by atomic mass is 16.5. The van der Waals surface area contributed by atoms with Crippen molar-refractivity contribution in [1.82, 2.24) is 9.97 Å². The Morgan fingerprint density at radius 2 is 2.14 bits per heavy atom. The predicted octanol–water partition coefficient (Wildman–Crippen LogP) is 1.64. The quantitative estimate of drug-likeness (QED) is 0.846. The molecule has 22 heavy (non-hydrogen) atoms. The van der Waals surface area contributed by atoms with Gasteiger partial charge < -0.3 is 14.8 Å². The Labute approximate surface area is 127 Å². The lowest BCUT2D eigenvalue weighted by molar-refractivity contribution is -0.136. The van der Waals surface area contributed by atoms with Gasteiger partial charge in [0.15, 0.2) is 0 Å². The van der Waals surface area contributed by atoms with Gasteiger partial charge in [-0.1, -0.05) is 12.1 Å². The van der Waals surface area contributed by atoms with Crippen LogP contribution in [0.4, 0.5) is 0 Å². The van der Waals surface area contributed by atoms with Crippen LogP contribution in [0.2, 0.25) is 0 Å². The molecule has 0 bridgehead atoms. The minimum Gasteiger partial charge on any atom is -0.493 e. The van der Waals surface area contributed by atoms with Crippen LogP contribution in [0.15, 0.2) is 29.1 Å². The summed E-state index contributed by atoms with van der Waals surface area (Å²) in [6.45, 7) is 4.35. The minimum absolute atomic E-state index is 0.248. The van der Waals surface area contributed by atoms with Gasteiger partial charge in [0.05, 0.1) is 18.7 Å². The van der Waals surface area contributed by atoms with E-state index in [1.165, 1.54) is 6.07 Å². The van der Waals surface area contributed by atoms with E-state index in [1.54, 1.807) is 0 Å². The third-order valence-electron chi connectivity index (χ3n) is 3.33. The van der Waals surface area contributed by atoms with Gasteiger partial charge in [-0.3, -0.25) is 9.59 Å². The Morgan fingerprint density at radius 1 is 1.36 bits per heavy atom. The average Bonchev–Trinajstić information content (AvgIpc) is 2.42. The van der Waals surface area contributed by atoms with Gasteiger partial charge in [-0.05, 0) is 31.0 Å². The third kappa shape index (κ3) is 4.18. The monoisotopic (exact) mass is 302 g/mol. The molecule has 1 aromatic carbocycles. The average molecular weight is 302 g/mol. The van der Waals surface area contributed by atoms with Crippen molar-refractivity contribution in [2.24, 2.45) is 0 Å². The molecule has 0 aliphatic carbocycles. The normalized spacial score (nSPS) is 10.5. The van der Waals surface area contributed by atoms with E-state index in [4.69, 9.17) is 9.84 Å². The number of aromatic amines is 1. The van der Waals surface area contributed by atoms with Gasteiger partial charge in [0.2, 0.25) is 0 Å². The molecule has 2 N–H and O–H groups in total. The summed E-state index contributed by atoms with van der Waals surface area (Å²) in [6.07, 6.45) is 0.130. The molecule has 2 rings (SSSR count). The zero-order valence-corrected chi connectivity index (χ0v) is 12.5. The number of aryl methyl sites for hydroxylation is 1. The molecule has 6 heteroatoms. The number of carboxylic acids is 1. The highest BCUT2D eigenvalue weighted by Crippen LogP contribution is 2.20. The molecule has 0 aliphatic rings. The van der Waals surface area contributed by atoms with Crippen molar-refractivity contribution < 1.29 is 14.6 Å². The van der Waals surface area contributed by atoms with Crippen LogP contribution in [0.25, 0.3) is 0 Å². The molecule has 0 spiro atoms. The number of carboxylic acid groups (broad SMARTS) is 1. The molecule has 0 fully saturated rings. The van der Waals surface area contributed by atoms with E-state index in [-0.39, 0.29) is 17.7 Å². The van der Waals surface area contributed by atoms with Crippen molar-refractivity contribution in [1.29, 1.82) is 0 Å². The molecule has 116 valence electrons. The molecule has 0 aliphatic heterocycles. The molecule has 1 heterocycles. The molecule has 0 amide bonds. The molecule has 0 saturated heterocycles. The maximum Gasteiger partial charge on any atom is 0.309 e. The van der Waals surface area contributed by atoms with Crippen molar-refractivity contribution in [3.63, 3.8) is 0 Å². The first-order valence-corrected chi connectivity index (χ1v) is 6.95. The predicted molar refractivity (Wildman–Crippen MR) is 81.3 cm³/mol. The van der Waals surface area contributed by atoms with Crippen LogP contribution in [-0.2, 0) is 17.6 Å². The van der Waals surface area contributed by atoms with Crippen molar-refractivity contribution in [3.8, 4) is 5.75 Å². The lowest BCUT2D eigenvalue weighted by atomic mass is 10.1. The maximum atomic E-state index is 11.5.